The summed E-state index contributed by atoms with van der Waals surface area (Å²) in [7, 11) is 0. The SMILES string of the molecule is CC(=O)CCC(CO)CCC(CO)CCCCCO. The lowest BCUT2D eigenvalue weighted by Gasteiger charge is -2.18. The maximum atomic E-state index is 10.9. The van der Waals surface area contributed by atoms with E-state index in [1.54, 1.807) is 6.92 Å². The summed E-state index contributed by atoms with van der Waals surface area (Å²) in [4.78, 5) is 10.9. The van der Waals surface area contributed by atoms with Crippen molar-refractivity contribution in [1.29, 1.82) is 0 Å². The maximum Gasteiger partial charge on any atom is 0.129 e. The van der Waals surface area contributed by atoms with Gasteiger partial charge in [0.1, 0.15) is 5.78 Å². The fraction of sp³-hybridized carbons (Fsp3) is 0.933. The second kappa shape index (κ2) is 12.6. The molecule has 0 spiro atoms. The molecule has 114 valence electrons. The monoisotopic (exact) mass is 274 g/mol. The highest BCUT2D eigenvalue weighted by Crippen LogP contribution is 2.21. The van der Waals surface area contributed by atoms with Crippen LogP contribution in [0.4, 0.5) is 0 Å². The van der Waals surface area contributed by atoms with Gasteiger partial charge in [-0.05, 0) is 50.9 Å². The lowest BCUT2D eigenvalue weighted by Crippen LogP contribution is -2.13. The van der Waals surface area contributed by atoms with Crippen LogP contribution in [0.2, 0.25) is 0 Å². The van der Waals surface area contributed by atoms with Crippen molar-refractivity contribution in [3.8, 4) is 0 Å². The molecule has 0 aromatic rings. The van der Waals surface area contributed by atoms with Crippen LogP contribution in [0.5, 0.6) is 0 Å². The minimum atomic E-state index is 0.121. The Morgan fingerprint density at radius 2 is 1.42 bits per heavy atom. The van der Waals surface area contributed by atoms with Crippen LogP contribution in [-0.4, -0.2) is 40.9 Å². The average molecular weight is 274 g/mol. The molecular formula is C15H30O4. The number of carbonyl (C=O) groups excluding carboxylic acids is 1. The van der Waals surface area contributed by atoms with Gasteiger partial charge in [0.05, 0.1) is 0 Å². The summed E-state index contributed by atoms with van der Waals surface area (Å²) < 4.78 is 0. The number of carbonyl (C=O) groups is 1. The Bertz CT molecular complexity index is 218. The van der Waals surface area contributed by atoms with Gasteiger partial charge in [-0.3, -0.25) is 0 Å². The summed E-state index contributed by atoms with van der Waals surface area (Å²) in [5.74, 6) is 0.627. The van der Waals surface area contributed by atoms with E-state index in [0.29, 0.717) is 6.42 Å². The third kappa shape index (κ3) is 11.1. The molecule has 0 fully saturated rings. The molecular weight excluding hydrogens is 244 g/mol. The van der Waals surface area contributed by atoms with Gasteiger partial charge >= 0.3 is 0 Å². The smallest absolute Gasteiger partial charge is 0.129 e. The molecule has 3 N–H and O–H groups in total. The van der Waals surface area contributed by atoms with Gasteiger partial charge in [-0.2, -0.15) is 0 Å². The maximum absolute atomic E-state index is 10.9. The molecule has 4 nitrogen and oxygen atoms in total. The molecule has 0 amide bonds. The first kappa shape index (κ1) is 18.6. The Hall–Kier alpha value is -0.450. The zero-order valence-corrected chi connectivity index (χ0v) is 12.2. The zero-order valence-electron chi connectivity index (χ0n) is 12.2. The standard InChI is InChI=1S/C15H30O4/c1-13(19)6-7-15(12-18)9-8-14(11-17)5-3-2-4-10-16/h14-18H,2-12H2,1H3. The Labute approximate surface area is 116 Å². The molecule has 0 saturated carbocycles. The van der Waals surface area contributed by atoms with Gasteiger partial charge in [-0.25, -0.2) is 0 Å². The van der Waals surface area contributed by atoms with Crippen LogP contribution < -0.4 is 0 Å². The van der Waals surface area contributed by atoms with E-state index in [1.807, 2.05) is 0 Å². The first-order valence-corrected chi connectivity index (χ1v) is 7.46. The van der Waals surface area contributed by atoms with Crippen LogP contribution in [0.25, 0.3) is 0 Å². The summed E-state index contributed by atoms with van der Waals surface area (Å²) in [6.07, 6.45) is 6.88. The van der Waals surface area contributed by atoms with Crippen molar-refractivity contribution in [2.24, 2.45) is 11.8 Å². The van der Waals surface area contributed by atoms with E-state index < -0.39 is 0 Å². The molecule has 2 unspecified atom stereocenters. The third-order valence-electron chi connectivity index (χ3n) is 3.67. The van der Waals surface area contributed by atoms with E-state index in [-0.39, 0.29) is 37.4 Å². The highest BCUT2D eigenvalue weighted by Gasteiger charge is 2.13. The summed E-state index contributed by atoms with van der Waals surface area (Å²) >= 11 is 0. The highest BCUT2D eigenvalue weighted by atomic mass is 16.3. The van der Waals surface area contributed by atoms with Crippen molar-refractivity contribution in [2.45, 2.75) is 58.3 Å². The number of unbranched alkanes of at least 4 members (excludes halogenated alkanes) is 2. The van der Waals surface area contributed by atoms with E-state index in [1.165, 1.54) is 0 Å². The van der Waals surface area contributed by atoms with E-state index in [9.17, 15) is 15.0 Å². The van der Waals surface area contributed by atoms with Gasteiger partial charge in [0.15, 0.2) is 0 Å². The summed E-state index contributed by atoms with van der Waals surface area (Å²) in [5.41, 5.74) is 0. The van der Waals surface area contributed by atoms with Crippen LogP contribution in [-0.2, 0) is 4.79 Å². The fourth-order valence-corrected chi connectivity index (χ4v) is 2.25. The molecule has 0 rings (SSSR count). The summed E-state index contributed by atoms with van der Waals surface area (Å²) in [6, 6.07) is 0. The van der Waals surface area contributed by atoms with Crippen LogP contribution in [0.1, 0.15) is 58.3 Å². The number of rotatable bonds is 13. The molecule has 19 heavy (non-hydrogen) atoms. The van der Waals surface area contributed by atoms with E-state index in [4.69, 9.17) is 5.11 Å². The lowest BCUT2D eigenvalue weighted by atomic mass is 9.90. The summed E-state index contributed by atoms with van der Waals surface area (Å²) in [5, 5.41) is 27.3. The molecule has 0 aliphatic rings. The molecule has 0 aliphatic carbocycles. The van der Waals surface area contributed by atoms with Crippen LogP contribution in [0.15, 0.2) is 0 Å². The summed E-state index contributed by atoms with van der Waals surface area (Å²) in [6.45, 7) is 2.12. The van der Waals surface area contributed by atoms with Crippen LogP contribution in [0, 0.1) is 11.8 Å². The zero-order chi connectivity index (χ0) is 14.5. The van der Waals surface area contributed by atoms with Gasteiger partial charge in [0.25, 0.3) is 0 Å². The fourth-order valence-electron chi connectivity index (χ4n) is 2.25. The lowest BCUT2D eigenvalue weighted by molar-refractivity contribution is -0.117. The predicted octanol–water partition coefficient (Wildman–Crippen LogP) is 1.91. The molecule has 2 atom stereocenters. The van der Waals surface area contributed by atoms with Crippen LogP contribution >= 0.6 is 0 Å². The first-order valence-electron chi connectivity index (χ1n) is 7.46. The topological polar surface area (TPSA) is 77.8 Å². The van der Waals surface area contributed by atoms with Crippen molar-refractivity contribution in [2.75, 3.05) is 19.8 Å². The second-order valence-corrected chi connectivity index (χ2v) is 5.49. The predicted molar refractivity (Wildman–Crippen MR) is 75.9 cm³/mol. The molecule has 4 heteroatoms. The van der Waals surface area contributed by atoms with Gasteiger partial charge in [-0.1, -0.05) is 12.8 Å². The highest BCUT2D eigenvalue weighted by molar-refractivity contribution is 5.75. The average Bonchev–Trinajstić information content (AvgIpc) is 2.40. The minimum Gasteiger partial charge on any atom is -0.396 e. The van der Waals surface area contributed by atoms with Gasteiger partial charge in [0.2, 0.25) is 0 Å². The quantitative estimate of drug-likeness (QED) is 0.448. The number of ketones is 1. The van der Waals surface area contributed by atoms with Crippen molar-refractivity contribution < 1.29 is 20.1 Å². The second-order valence-electron chi connectivity index (χ2n) is 5.49. The van der Waals surface area contributed by atoms with Crippen molar-refractivity contribution in [3.05, 3.63) is 0 Å². The van der Waals surface area contributed by atoms with Gasteiger partial charge < -0.3 is 20.1 Å². The van der Waals surface area contributed by atoms with E-state index in [0.717, 1.165) is 44.9 Å². The molecule has 0 aliphatic heterocycles. The van der Waals surface area contributed by atoms with Crippen molar-refractivity contribution in [1.82, 2.24) is 0 Å². The van der Waals surface area contributed by atoms with Crippen molar-refractivity contribution in [3.63, 3.8) is 0 Å². The van der Waals surface area contributed by atoms with Gasteiger partial charge in [0, 0.05) is 26.2 Å². The molecule has 0 saturated heterocycles. The molecule has 0 aromatic carbocycles. The van der Waals surface area contributed by atoms with Crippen molar-refractivity contribution >= 4 is 5.78 Å². The van der Waals surface area contributed by atoms with Gasteiger partial charge in [-0.15, -0.1) is 0 Å². The van der Waals surface area contributed by atoms with E-state index in [2.05, 4.69) is 0 Å². The first-order chi connectivity index (χ1) is 9.13. The van der Waals surface area contributed by atoms with E-state index >= 15 is 0 Å². The number of aliphatic hydroxyl groups excluding tert-OH is 3. The number of hydrogen-bond donors (Lipinski definition) is 3. The normalized spacial score (nSPS) is 14.3. The Morgan fingerprint density at radius 1 is 0.842 bits per heavy atom. The molecule has 0 radical (unpaired) electrons. The Kier molecular flexibility index (Phi) is 12.3. The van der Waals surface area contributed by atoms with Crippen LogP contribution in [0.3, 0.4) is 0 Å². The Morgan fingerprint density at radius 3 is 1.89 bits per heavy atom. The minimum absolute atomic E-state index is 0.121. The number of Topliss-reactive ketones (excluding diaryl/α,β-unsaturated/α-hetero) is 1. The Balaban J connectivity index is 3.79. The number of aliphatic hydroxyl groups is 3. The molecule has 0 bridgehead atoms. The number of hydrogen-bond acceptors (Lipinski definition) is 4. The third-order valence-corrected chi connectivity index (χ3v) is 3.67. The molecule has 0 heterocycles. The largest absolute Gasteiger partial charge is 0.396 e. The molecule has 0 aromatic heterocycles.